The molecule has 0 aromatic carbocycles. The highest BCUT2D eigenvalue weighted by molar-refractivity contribution is 6.29. The zero-order chi connectivity index (χ0) is 13.5. The summed E-state index contributed by atoms with van der Waals surface area (Å²) in [6, 6.07) is 0.159. The van der Waals surface area contributed by atoms with Crippen LogP contribution in [0, 0.1) is 0 Å². The molecular weight excluding hydrogens is 250 g/mol. The summed E-state index contributed by atoms with van der Waals surface area (Å²) in [6.45, 7) is 6.92. The number of hydrogen-bond acceptors (Lipinski definition) is 3. The van der Waals surface area contributed by atoms with Crippen LogP contribution in [0.1, 0.15) is 50.5 Å². The van der Waals surface area contributed by atoms with Gasteiger partial charge in [-0.1, -0.05) is 31.4 Å². The van der Waals surface area contributed by atoms with E-state index in [4.69, 9.17) is 11.6 Å². The number of hydrogen-bond donors (Lipinski definition) is 0. The number of aromatic nitrogens is 2. The Hall–Kier alpha value is -1.16. The van der Waals surface area contributed by atoms with E-state index in [1.807, 2.05) is 18.7 Å². The van der Waals surface area contributed by atoms with Crippen LogP contribution in [0.15, 0.2) is 12.4 Å². The van der Waals surface area contributed by atoms with Crippen molar-refractivity contribution in [2.24, 2.45) is 0 Å². The zero-order valence-corrected chi connectivity index (χ0v) is 11.9. The van der Waals surface area contributed by atoms with Crippen molar-refractivity contribution in [3.05, 3.63) is 23.2 Å². The molecule has 0 bridgehead atoms. The fraction of sp³-hybridized carbons (Fsp3) is 0.615. The highest BCUT2D eigenvalue weighted by Gasteiger charge is 2.19. The van der Waals surface area contributed by atoms with Crippen molar-refractivity contribution < 1.29 is 4.79 Å². The van der Waals surface area contributed by atoms with Gasteiger partial charge < -0.3 is 4.90 Å². The first kappa shape index (κ1) is 14.9. The predicted octanol–water partition coefficient (Wildman–Crippen LogP) is 3.17. The Bertz CT molecular complexity index is 378. The molecule has 100 valence electrons. The lowest BCUT2D eigenvalue weighted by Gasteiger charge is -2.26. The van der Waals surface area contributed by atoms with Gasteiger partial charge >= 0.3 is 0 Å². The van der Waals surface area contributed by atoms with Crippen molar-refractivity contribution in [2.75, 3.05) is 6.54 Å². The molecule has 1 aromatic heterocycles. The third kappa shape index (κ3) is 4.26. The molecule has 0 N–H and O–H groups in total. The SMILES string of the molecule is CCCCCN(C(=O)c1cnc(Cl)cn1)C(C)C. The Balaban J connectivity index is 2.73. The second-order valence-corrected chi connectivity index (χ2v) is 4.91. The minimum atomic E-state index is -0.0785. The highest BCUT2D eigenvalue weighted by atomic mass is 35.5. The van der Waals surface area contributed by atoms with E-state index < -0.39 is 0 Å². The number of unbranched alkanes of at least 4 members (excludes halogenated alkanes) is 2. The Labute approximate surface area is 113 Å². The van der Waals surface area contributed by atoms with E-state index in [-0.39, 0.29) is 11.9 Å². The van der Waals surface area contributed by atoms with Crippen molar-refractivity contribution in [1.82, 2.24) is 14.9 Å². The van der Waals surface area contributed by atoms with E-state index in [0.29, 0.717) is 10.8 Å². The van der Waals surface area contributed by atoms with Crippen molar-refractivity contribution in [1.29, 1.82) is 0 Å². The molecule has 0 unspecified atom stereocenters. The Kier molecular flexibility index (Phi) is 6.05. The largest absolute Gasteiger partial charge is 0.335 e. The van der Waals surface area contributed by atoms with Crippen LogP contribution in [0.4, 0.5) is 0 Å². The topological polar surface area (TPSA) is 46.1 Å². The smallest absolute Gasteiger partial charge is 0.274 e. The van der Waals surface area contributed by atoms with Gasteiger partial charge in [-0.15, -0.1) is 0 Å². The second-order valence-electron chi connectivity index (χ2n) is 4.52. The number of nitrogens with zero attached hydrogens (tertiary/aromatic N) is 3. The Morgan fingerprint density at radius 3 is 2.56 bits per heavy atom. The molecule has 0 fully saturated rings. The molecule has 1 aromatic rings. The number of carbonyl (C=O) groups excluding carboxylic acids is 1. The molecule has 4 nitrogen and oxygen atoms in total. The van der Waals surface area contributed by atoms with Crippen LogP contribution in [0.3, 0.4) is 0 Å². The minimum Gasteiger partial charge on any atom is -0.335 e. The molecule has 0 aliphatic rings. The molecule has 1 rings (SSSR count). The molecule has 1 amide bonds. The molecule has 0 saturated carbocycles. The summed E-state index contributed by atoms with van der Waals surface area (Å²) in [6.07, 6.45) is 6.12. The first-order chi connectivity index (χ1) is 8.56. The lowest BCUT2D eigenvalue weighted by atomic mass is 10.2. The molecular formula is C13H20ClN3O. The molecule has 0 aliphatic heterocycles. The number of halogens is 1. The van der Waals surface area contributed by atoms with Crippen molar-refractivity contribution in [2.45, 2.75) is 46.1 Å². The molecule has 0 aliphatic carbocycles. The van der Waals surface area contributed by atoms with Gasteiger partial charge in [0.05, 0.1) is 12.4 Å². The monoisotopic (exact) mass is 269 g/mol. The maximum Gasteiger partial charge on any atom is 0.274 e. The maximum absolute atomic E-state index is 12.3. The summed E-state index contributed by atoms with van der Waals surface area (Å²) in [5, 5.41) is 0.300. The van der Waals surface area contributed by atoms with Gasteiger partial charge in [0.2, 0.25) is 0 Å². The first-order valence-corrected chi connectivity index (χ1v) is 6.72. The van der Waals surface area contributed by atoms with Gasteiger partial charge in [0.25, 0.3) is 5.91 Å². The van der Waals surface area contributed by atoms with Gasteiger partial charge in [0.15, 0.2) is 0 Å². The van der Waals surface area contributed by atoms with Gasteiger partial charge in [0, 0.05) is 12.6 Å². The fourth-order valence-electron chi connectivity index (χ4n) is 1.70. The van der Waals surface area contributed by atoms with Crippen LogP contribution in [0.25, 0.3) is 0 Å². The standard InChI is InChI=1S/C13H20ClN3O/c1-4-5-6-7-17(10(2)3)13(18)11-8-16-12(14)9-15-11/h8-10H,4-7H2,1-3H3. The lowest BCUT2D eigenvalue weighted by molar-refractivity contribution is 0.0695. The van der Waals surface area contributed by atoms with E-state index in [1.54, 1.807) is 0 Å². The lowest BCUT2D eigenvalue weighted by Crippen LogP contribution is -2.38. The van der Waals surface area contributed by atoms with Crippen LogP contribution >= 0.6 is 11.6 Å². The summed E-state index contributed by atoms with van der Waals surface area (Å²) < 4.78 is 0. The van der Waals surface area contributed by atoms with E-state index in [1.165, 1.54) is 12.4 Å². The van der Waals surface area contributed by atoms with Gasteiger partial charge in [-0.3, -0.25) is 4.79 Å². The number of carbonyl (C=O) groups is 1. The van der Waals surface area contributed by atoms with Gasteiger partial charge in [-0.2, -0.15) is 0 Å². The van der Waals surface area contributed by atoms with E-state index >= 15 is 0 Å². The molecule has 1 heterocycles. The normalized spacial score (nSPS) is 10.7. The van der Waals surface area contributed by atoms with Gasteiger partial charge in [-0.05, 0) is 20.3 Å². The Morgan fingerprint density at radius 2 is 2.06 bits per heavy atom. The average Bonchev–Trinajstić information content (AvgIpc) is 2.34. The first-order valence-electron chi connectivity index (χ1n) is 6.34. The van der Waals surface area contributed by atoms with Crippen LogP contribution < -0.4 is 0 Å². The van der Waals surface area contributed by atoms with Gasteiger partial charge in [-0.25, -0.2) is 9.97 Å². The third-order valence-electron chi connectivity index (χ3n) is 2.73. The summed E-state index contributed by atoms with van der Waals surface area (Å²) in [5.74, 6) is -0.0785. The maximum atomic E-state index is 12.3. The molecule has 0 spiro atoms. The van der Waals surface area contributed by atoms with Crippen molar-refractivity contribution >= 4 is 17.5 Å². The molecule has 0 saturated heterocycles. The molecule has 0 atom stereocenters. The summed E-state index contributed by atoms with van der Waals surface area (Å²) >= 11 is 5.66. The van der Waals surface area contributed by atoms with E-state index in [0.717, 1.165) is 25.8 Å². The van der Waals surface area contributed by atoms with Crippen LogP contribution in [0.2, 0.25) is 5.15 Å². The van der Waals surface area contributed by atoms with Crippen LogP contribution in [-0.4, -0.2) is 33.4 Å². The molecule has 18 heavy (non-hydrogen) atoms. The minimum absolute atomic E-state index is 0.0785. The second kappa shape index (κ2) is 7.31. The van der Waals surface area contributed by atoms with Gasteiger partial charge in [0.1, 0.15) is 10.8 Å². The highest BCUT2D eigenvalue weighted by Crippen LogP contribution is 2.09. The summed E-state index contributed by atoms with van der Waals surface area (Å²) in [5.41, 5.74) is 0.351. The number of amides is 1. The summed E-state index contributed by atoms with van der Waals surface area (Å²) in [4.78, 5) is 22.0. The molecule has 5 heteroatoms. The number of rotatable bonds is 6. The summed E-state index contributed by atoms with van der Waals surface area (Å²) in [7, 11) is 0. The van der Waals surface area contributed by atoms with E-state index in [2.05, 4.69) is 16.9 Å². The predicted molar refractivity (Wildman–Crippen MR) is 72.7 cm³/mol. The third-order valence-corrected chi connectivity index (χ3v) is 2.92. The average molecular weight is 270 g/mol. The zero-order valence-electron chi connectivity index (χ0n) is 11.2. The van der Waals surface area contributed by atoms with Crippen molar-refractivity contribution in [3.8, 4) is 0 Å². The Morgan fingerprint density at radius 1 is 1.33 bits per heavy atom. The van der Waals surface area contributed by atoms with Crippen LogP contribution in [-0.2, 0) is 0 Å². The van der Waals surface area contributed by atoms with Crippen molar-refractivity contribution in [3.63, 3.8) is 0 Å². The fourth-order valence-corrected chi connectivity index (χ4v) is 1.79. The van der Waals surface area contributed by atoms with Crippen LogP contribution in [0.5, 0.6) is 0 Å². The molecule has 0 radical (unpaired) electrons. The van der Waals surface area contributed by atoms with E-state index in [9.17, 15) is 4.79 Å². The quantitative estimate of drug-likeness (QED) is 0.745.